The van der Waals surface area contributed by atoms with Crippen LogP contribution in [0.4, 0.5) is 5.69 Å². The van der Waals surface area contributed by atoms with E-state index in [9.17, 15) is 14.9 Å². The summed E-state index contributed by atoms with van der Waals surface area (Å²) >= 11 is 0. The lowest BCUT2D eigenvalue weighted by atomic mass is 9.78. The molecule has 1 aliphatic carbocycles. The van der Waals surface area contributed by atoms with Gasteiger partial charge in [0.15, 0.2) is 0 Å². The number of amides is 1. The van der Waals surface area contributed by atoms with Crippen molar-refractivity contribution in [2.24, 2.45) is 5.92 Å². The second-order valence-electron chi connectivity index (χ2n) is 6.27. The van der Waals surface area contributed by atoms with Crippen LogP contribution in [0.5, 0.6) is 5.75 Å². The standard InChI is InChI=1S/C18H22N2O4/c1-12-5-4-8-18(10-12,23-3)17(22)20-16-7-6-15(24-13(2)21)9-14(16)11-19/h6-7,9,12H,4-5,8,10H2,1-3H3,(H,20,22)/t12-,18+/m1/s1. The molecule has 0 bridgehead atoms. The quantitative estimate of drug-likeness (QED) is 0.677. The molecule has 0 aliphatic heterocycles. The van der Waals surface area contributed by atoms with Crippen molar-refractivity contribution in [2.75, 3.05) is 12.4 Å². The summed E-state index contributed by atoms with van der Waals surface area (Å²) in [5.41, 5.74) is -0.246. The second kappa shape index (κ2) is 7.45. The third-order valence-electron chi connectivity index (χ3n) is 4.38. The van der Waals surface area contributed by atoms with Crippen LogP contribution < -0.4 is 10.1 Å². The van der Waals surface area contributed by atoms with Crippen molar-refractivity contribution in [3.05, 3.63) is 23.8 Å². The van der Waals surface area contributed by atoms with Crippen LogP contribution in [0.3, 0.4) is 0 Å². The highest BCUT2D eigenvalue weighted by atomic mass is 16.5. The number of nitrogens with zero attached hydrogens (tertiary/aromatic N) is 1. The number of nitrogens with one attached hydrogen (secondary N) is 1. The number of nitriles is 1. The SMILES string of the molecule is CO[C@@]1(C(=O)Nc2ccc(OC(C)=O)cc2C#N)CCC[C@@H](C)C1. The summed E-state index contributed by atoms with van der Waals surface area (Å²) in [5, 5.41) is 12.1. The molecule has 2 atom stereocenters. The molecule has 128 valence electrons. The monoisotopic (exact) mass is 330 g/mol. The van der Waals surface area contributed by atoms with Crippen molar-refractivity contribution in [1.82, 2.24) is 0 Å². The normalized spacial score (nSPS) is 23.2. The lowest BCUT2D eigenvalue weighted by molar-refractivity contribution is -0.143. The number of methoxy groups -OCH3 is 1. The molecule has 0 saturated heterocycles. The van der Waals surface area contributed by atoms with E-state index in [1.54, 1.807) is 19.2 Å². The molecule has 6 heteroatoms. The number of hydrogen-bond acceptors (Lipinski definition) is 5. The van der Waals surface area contributed by atoms with Gasteiger partial charge >= 0.3 is 5.97 Å². The molecule has 1 aliphatic rings. The first-order chi connectivity index (χ1) is 11.4. The predicted molar refractivity (Wildman–Crippen MR) is 88.5 cm³/mol. The zero-order chi connectivity index (χ0) is 17.7. The van der Waals surface area contributed by atoms with Gasteiger partial charge in [-0.15, -0.1) is 0 Å². The van der Waals surface area contributed by atoms with E-state index < -0.39 is 11.6 Å². The van der Waals surface area contributed by atoms with Gasteiger partial charge in [-0.25, -0.2) is 0 Å². The van der Waals surface area contributed by atoms with Crippen LogP contribution in [-0.2, 0) is 14.3 Å². The molecule has 1 saturated carbocycles. The van der Waals surface area contributed by atoms with E-state index in [-0.39, 0.29) is 17.2 Å². The van der Waals surface area contributed by atoms with Crippen molar-refractivity contribution in [3.8, 4) is 11.8 Å². The fourth-order valence-electron chi connectivity index (χ4n) is 3.18. The van der Waals surface area contributed by atoms with Gasteiger partial charge in [0.2, 0.25) is 0 Å². The Balaban J connectivity index is 2.21. The molecule has 24 heavy (non-hydrogen) atoms. The molecule has 0 aromatic heterocycles. The van der Waals surface area contributed by atoms with Crippen LogP contribution in [0.1, 0.15) is 45.1 Å². The number of rotatable bonds is 4. The summed E-state index contributed by atoms with van der Waals surface area (Å²) in [6, 6.07) is 6.54. The Morgan fingerprint density at radius 2 is 2.17 bits per heavy atom. The number of ether oxygens (including phenoxy) is 2. The Labute approximate surface area is 141 Å². The Kier molecular flexibility index (Phi) is 5.58. The van der Waals surface area contributed by atoms with Gasteiger partial charge in [0.1, 0.15) is 17.4 Å². The van der Waals surface area contributed by atoms with Crippen molar-refractivity contribution in [1.29, 1.82) is 5.26 Å². The summed E-state index contributed by atoms with van der Waals surface area (Å²) in [6.45, 7) is 3.39. The third-order valence-corrected chi connectivity index (χ3v) is 4.38. The largest absolute Gasteiger partial charge is 0.427 e. The molecule has 1 aromatic carbocycles. The van der Waals surface area contributed by atoms with Crippen molar-refractivity contribution >= 4 is 17.6 Å². The molecular formula is C18H22N2O4. The molecule has 2 rings (SSSR count). The Bertz CT molecular complexity index is 680. The van der Waals surface area contributed by atoms with Gasteiger partial charge in [-0.3, -0.25) is 9.59 Å². The van der Waals surface area contributed by atoms with Crippen LogP contribution in [0.2, 0.25) is 0 Å². The molecule has 6 nitrogen and oxygen atoms in total. The highest BCUT2D eigenvalue weighted by molar-refractivity contribution is 5.98. The molecule has 0 spiro atoms. The van der Waals surface area contributed by atoms with Gasteiger partial charge in [0.05, 0.1) is 11.3 Å². The highest BCUT2D eigenvalue weighted by Gasteiger charge is 2.42. The van der Waals surface area contributed by atoms with Gasteiger partial charge in [-0.2, -0.15) is 5.26 Å². The molecule has 1 aromatic rings. The Morgan fingerprint density at radius 3 is 2.75 bits per heavy atom. The third kappa shape index (κ3) is 3.92. The Morgan fingerprint density at radius 1 is 1.42 bits per heavy atom. The van der Waals surface area contributed by atoms with Gasteiger partial charge in [-0.1, -0.05) is 13.3 Å². The van der Waals surface area contributed by atoms with Crippen LogP contribution in [0.25, 0.3) is 0 Å². The zero-order valence-corrected chi connectivity index (χ0v) is 14.2. The zero-order valence-electron chi connectivity index (χ0n) is 14.2. The van der Waals surface area contributed by atoms with Gasteiger partial charge in [0, 0.05) is 20.1 Å². The fraction of sp³-hybridized carbons (Fsp3) is 0.500. The smallest absolute Gasteiger partial charge is 0.308 e. The first-order valence-corrected chi connectivity index (χ1v) is 7.99. The lowest BCUT2D eigenvalue weighted by Crippen LogP contribution is -2.48. The number of esters is 1. The first kappa shape index (κ1) is 18.0. The van der Waals surface area contributed by atoms with E-state index in [0.29, 0.717) is 24.4 Å². The summed E-state index contributed by atoms with van der Waals surface area (Å²) in [4.78, 5) is 23.8. The number of carbonyl (C=O) groups excluding carboxylic acids is 2. The van der Waals surface area contributed by atoms with E-state index >= 15 is 0 Å². The molecule has 1 amide bonds. The van der Waals surface area contributed by atoms with Crippen LogP contribution >= 0.6 is 0 Å². The summed E-state index contributed by atoms with van der Waals surface area (Å²) in [5.74, 6) is -0.0329. The highest BCUT2D eigenvalue weighted by Crippen LogP contribution is 2.36. The maximum Gasteiger partial charge on any atom is 0.308 e. The average Bonchev–Trinajstić information content (AvgIpc) is 2.55. The molecule has 0 heterocycles. The summed E-state index contributed by atoms with van der Waals surface area (Å²) < 4.78 is 10.5. The number of anilines is 1. The summed E-state index contributed by atoms with van der Waals surface area (Å²) in [6.07, 6.45) is 3.33. The van der Waals surface area contributed by atoms with Crippen LogP contribution in [0, 0.1) is 17.2 Å². The minimum atomic E-state index is -0.862. The van der Waals surface area contributed by atoms with Gasteiger partial charge in [-0.05, 0) is 37.3 Å². The molecule has 1 fully saturated rings. The average molecular weight is 330 g/mol. The Hall–Kier alpha value is -2.39. The fourth-order valence-corrected chi connectivity index (χ4v) is 3.18. The van der Waals surface area contributed by atoms with Crippen molar-refractivity contribution in [3.63, 3.8) is 0 Å². The van der Waals surface area contributed by atoms with Crippen LogP contribution in [-0.4, -0.2) is 24.6 Å². The lowest BCUT2D eigenvalue weighted by Gasteiger charge is -2.37. The van der Waals surface area contributed by atoms with Crippen LogP contribution in [0.15, 0.2) is 18.2 Å². The van der Waals surface area contributed by atoms with Crippen molar-refractivity contribution in [2.45, 2.75) is 45.1 Å². The maximum absolute atomic E-state index is 12.8. The summed E-state index contributed by atoms with van der Waals surface area (Å²) in [7, 11) is 1.55. The minimum Gasteiger partial charge on any atom is -0.427 e. The molecule has 0 radical (unpaired) electrons. The van der Waals surface area contributed by atoms with E-state index in [2.05, 4.69) is 12.2 Å². The van der Waals surface area contributed by atoms with E-state index in [0.717, 1.165) is 12.8 Å². The number of benzene rings is 1. The second-order valence-corrected chi connectivity index (χ2v) is 6.27. The topological polar surface area (TPSA) is 88.4 Å². The predicted octanol–water partition coefficient (Wildman–Crippen LogP) is 3.02. The van der Waals surface area contributed by atoms with Crippen molar-refractivity contribution < 1.29 is 19.1 Å². The van der Waals surface area contributed by atoms with Gasteiger partial charge < -0.3 is 14.8 Å². The van der Waals surface area contributed by atoms with E-state index in [4.69, 9.17) is 9.47 Å². The molecule has 1 N–H and O–H groups in total. The molecular weight excluding hydrogens is 308 g/mol. The molecule has 0 unspecified atom stereocenters. The van der Waals surface area contributed by atoms with E-state index in [1.807, 2.05) is 6.07 Å². The first-order valence-electron chi connectivity index (χ1n) is 7.99. The maximum atomic E-state index is 12.8. The number of carbonyl (C=O) groups is 2. The van der Waals surface area contributed by atoms with Gasteiger partial charge in [0.25, 0.3) is 5.91 Å². The minimum absolute atomic E-state index is 0.234. The number of hydrogen-bond donors (Lipinski definition) is 1. The van der Waals surface area contributed by atoms with E-state index in [1.165, 1.54) is 13.0 Å².